The fourth-order valence-corrected chi connectivity index (χ4v) is 2.69. The van der Waals surface area contributed by atoms with E-state index in [1.165, 1.54) is 6.07 Å². The van der Waals surface area contributed by atoms with Gasteiger partial charge in [-0.3, -0.25) is 0 Å². The van der Waals surface area contributed by atoms with Crippen LogP contribution in [0.1, 0.15) is 40.0 Å². The number of likely N-dealkylation sites (tertiary alicyclic amines) is 1. The zero-order valence-electron chi connectivity index (χ0n) is 13.9. The smallest absolute Gasteiger partial charge is 0.410 e. The van der Waals surface area contributed by atoms with E-state index in [1.807, 2.05) is 20.8 Å². The first kappa shape index (κ1) is 17.9. The van der Waals surface area contributed by atoms with Crippen molar-refractivity contribution >= 4 is 23.4 Å². The van der Waals surface area contributed by atoms with Crippen LogP contribution in [0.2, 0.25) is 5.02 Å². The van der Waals surface area contributed by atoms with Crippen LogP contribution in [0.3, 0.4) is 0 Å². The van der Waals surface area contributed by atoms with Gasteiger partial charge in [0.1, 0.15) is 11.4 Å². The minimum atomic E-state index is -0.484. The molecule has 1 aromatic carbocycles. The van der Waals surface area contributed by atoms with Crippen LogP contribution in [0.4, 0.5) is 14.9 Å². The second-order valence-corrected chi connectivity index (χ2v) is 7.28. The molecular formula is C17H24ClFN2O2. The molecule has 1 aliphatic rings. The molecule has 2 rings (SSSR count). The van der Waals surface area contributed by atoms with Gasteiger partial charge in [-0.15, -0.1) is 0 Å². The van der Waals surface area contributed by atoms with E-state index in [0.29, 0.717) is 18.8 Å². The summed E-state index contributed by atoms with van der Waals surface area (Å²) in [6.07, 6.45) is 2.33. The van der Waals surface area contributed by atoms with E-state index in [0.717, 1.165) is 19.3 Å². The summed E-state index contributed by atoms with van der Waals surface area (Å²) in [6, 6.07) is 4.91. The van der Waals surface area contributed by atoms with Gasteiger partial charge in [0, 0.05) is 24.8 Å². The van der Waals surface area contributed by atoms with Crippen LogP contribution in [0.15, 0.2) is 18.2 Å². The number of carbonyl (C=O) groups excluding carboxylic acids is 1. The van der Waals surface area contributed by atoms with E-state index in [-0.39, 0.29) is 17.2 Å². The van der Waals surface area contributed by atoms with Gasteiger partial charge in [-0.25, -0.2) is 9.18 Å². The van der Waals surface area contributed by atoms with Gasteiger partial charge in [-0.2, -0.15) is 0 Å². The summed E-state index contributed by atoms with van der Waals surface area (Å²) in [5.74, 6) is -0.430. The molecule has 1 unspecified atom stereocenters. The van der Waals surface area contributed by atoms with Crippen molar-refractivity contribution in [3.63, 3.8) is 0 Å². The number of hydrogen-bond acceptors (Lipinski definition) is 3. The number of anilines is 1. The molecule has 0 aliphatic carbocycles. The molecular weight excluding hydrogens is 319 g/mol. The highest BCUT2D eigenvalue weighted by Gasteiger charge is 2.25. The highest BCUT2D eigenvalue weighted by Crippen LogP contribution is 2.22. The largest absolute Gasteiger partial charge is 0.444 e. The average Bonchev–Trinajstić information content (AvgIpc) is 2.67. The van der Waals surface area contributed by atoms with Crippen molar-refractivity contribution in [1.82, 2.24) is 4.90 Å². The summed E-state index contributed by atoms with van der Waals surface area (Å²) in [5, 5.41) is 3.44. The van der Waals surface area contributed by atoms with Crippen molar-refractivity contribution < 1.29 is 13.9 Å². The van der Waals surface area contributed by atoms with E-state index in [9.17, 15) is 9.18 Å². The number of benzene rings is 1. The van der Waals surface area contributed by atoms with E-state index in [1.54, 1.807) is 17.0 Å². The second kappa shape index (κ2) is 7.39. The molecule has 1 aliphatic heterocycles. The monoisotopic (exact) mass is 342 g/mol. The molecule has 1 fully saturated rings. The average molecular weight is 343 g/mol. The Morgan fingerprint density at radius 3 is 2.74 bits per heavy atom. The minimum Gasteiger partial charge on any atom is -0.444 e. The zero-order chi connectivity index (χ0) is 17.0. The lowest BCUT2D eigenvalue weighted by Gasteiger charge is -2.26. The molecule has 1 aromatic rings. The summed E-state index contributed by atoms with van der Waals surface area (Å²) in [5.41, 5.74) is 0.227. The summed E-state index contributed by atoms with van der Waals surface area (Å²) in [7, 11) is 0. The van der Waals surface area contributed by atoms with E-state index >= 15 is 0 Å². The topological polar surface area (TPSA) is 41.6 Å². The standard InChI is InChI=1S/C17H24ClFN2O2/c1-17(2,3)23-16(22)21-9-4-5-12(8-10-21)20-13-6-7-14(18)15(19)11-13/h6-7,11-12,20H,4-5,8-10H2,1-3H3. The number of nitrogens with one attached hydrogen (secondary N) is 1. The van der Waals surface area contributed by atoms with Gasteiger partial charge in [-0.1, -0.05) is 11.6 Å². The summed E-state index contributed by atoms with van der Waals surface area (Å²) >= 11 is 5.70. The Bertz CT molecular complexity index is 560. The first-order chi connectivity index (χ1) is 10.7. The van der Waals surface area contributed by atoms with Crippen LogP contribution < -0.4 is 5.32 Å². The van der Waals surface area contributed by atoms with Gasteiger partial charge in [-0.05, 0) is 58.2 Å². The van der Waals surface area contributed by atoms with Crippen LogP contribution in [0, 0.1) is 5.82 Å². The predicted molar refractivity (Wildman–Crippen MR) is 90.5 cm³/mol. The Hall–Kier alpha value is -1.49. The molecule has 0 spiro atoms. The maximum atomic E-state index is 13.5. The van der Waals surface area contributed by atoms with Crippen molar-refractivity contribution in [2.45, 2.75) is 51.7 Å². The van der Waals surface area contributed by atoms with Crippen molar-refractivity contribution in [2.75, 3.05) is 18.4 Å². The lowest BCUT2D eigenvalue weighted by Crippen LogP contribution is -2.37. The van der Waals surface area contributed by atoms with E-state index < -0.39 is 11.4 Å². The maximum Gasteiger partial charge on any atom is 0.410 e. The quantitative estimate of drug-likeness (QED) is 0.848. The van der Waals surface area contributed by atoms with Crippen LogP contribution >= 0.6 is 11.6 Å². The van der Waals surface area contributed by atoms with Crippen molar-refractivity contribution in [3.8, 4) is 0 Å². The first-order valence-corrected chi connectivity index (χ1v) is 8.32. The minimum absolute atomic E-state index is 0.118. The molecule has 1 amide bonds. The third-order valence-corrected chi connectivity index (χ3v) is 3.98. The molecule has 0 radical (unpaired) electrons. The predicted octanol–water partition coefficient (Wildman–Crippen LogP) is 4.68. The summed E-state index contributed by atoms with van der Waals surface area (Å²) in [6.45, 7) is 6.90. The van der Waals surface area contributed by atoms with Gasteiger partial charge < -0.3 is 15.0 Å². The van der Waals surface area contributed by atoms with E-state index in [4.69, 9.17) is 16.3 Å². The molecule has 128 valence electrons. The molecule has 1 heterocycles. The summed E-state index contributed by atoms with van der Waals surface area (Å²) in [4.78, 5) is 13.9. The number of rotatable bonds is 2. The fraction of sp³-hybridized carbons (Fsp3) is 0.588. The number of ether oxygens (including phenoxy) is 1. The van der Waals surface area contributed by atoms with Gasteiger partial charge in [0.2, 0.25) is 0 Å². The van der Waals surface area contributed by atoms with Crippen LogP contribution in [-0.2, 0) is 4.74 Å². The zero-order valence-corrected chi connectivity index (χ0v) is 14.6. The number of carbonyl (C=O) groups is 1. The molecule has 6 heteroatoms. The Labute approximate surface area is 141 Å². The molecule has 1 saturated heterocycles. The molecule has 0 aromatic heterocycles. The summed E-state index contributed by atoms with van der Waals surface area (Å²) < 4.78 is 18.9. The van der Waals surface area contributed by atoms with Gasteiger partial charge in [0.05, 0.1) is 5.02 Å². The molecule has 0 saturated carbocycles. The number of nitrogens with zero attached hydrogens (tertiary/aromatic N) is 1. The third-order valence-electron chi connectivity index (χ3n) is 3.67. The van der Waals surface area contributed by atoms with Crippen molar-refractivity contribution in [3.05, 3.63) is 29.0 Å². The van der Waals surface area contributed by atoms with Gasteiger partial charge >= 0.3 is 6.09 Å². The Morgan fingerprint density at radius 1 is 1.35 bits per heavy atom. The van der Waals surface area contributed by atoms with Crippen molar-refractivity contribution in [1.29, 1.82) is 0 Å². The van der Waals surface area contributed by atoms with Crippen molar-refractivity contribution in [2.24, 2.45) is 0 Å². The Morgan fingerprint density at radius 2 is 2.09 bits per heavy atom. The maximum absolute atomic E-state index is 13.5. The number of amides is 1. The Kier molecular flexibility index (Phi) is 5.74. The molecule has 1 N–H and O–H groups in total. The lowest BCUT2D eigenvalue weighted by molar-refractivity contribution is 0.0256. The third kappa shape index (κ3) is 5.57. The second-order valence-electron chi connectivity index (χ2n) is 6.87. The van der Waals surface area contributed by atoms with Crippen LogP contribution in [0.5, 0.6) is 0 Å². The highest BCUT2D eigenvalue weighted by molar-refractivity contribution is 6.30. The fourth-order valence-electron chi connectivity index (χ4n) is 2.57. The SMILES string of the molecule is CC(C)(C)OC(=O)N1CCCC(Nc2ccc(Cl)c(F)c2)CC1. The normalized spacial score (nSPS) is 19.2. The Balaban J connectivity index is 1.90. The van der Waals surface area contributed by atoms with E-state index in [2.05, 4.69) is 5.32 Å². The van der Waals surface area contributed by atoms with Crippen LogP contribution in [-0.4, -0.2) is 35.7 Å². The first-order valence-electron chi connectivity index (χ1n) is 7.94. The number of halogens is 2. The highest BCUT2D eigenvalue weighted by atomic mass is 35.5. The number of hydrogen-bond donors (Lipinski definition) is 1. The molecule has 0 bridgehead atoms. The van der Waals surface area contributed by atoms with Crippen LogP contribution in [0.25, 0.3) is 0 Å². The molecule has 1 atom stereocenters. The molecule has 23 heavy (non-hydrogen) atoms. The van der Waals surface area contributed by atoms with Gasteiger partial charge in [0.25, 0.3) is 0 Å². The lowest BCUT2D eigenvalue weighted by atomic mass is 10.1. The van der Waals surface area contributed by atoms with Gasteiger partial charge in [0.15, 0.2) is 0 Å². The molecule has 4 nitrogen and oxygen atoms in total.